The summed E-state index contributed by atoms with van der Waals surface area (Å²) in [6.45, 7) is 2.88. The Morgan fingerprint density at radius 2 is 1.32 bits per heavy atom. The third kappa shape index (κ3) is 10.5. The third-order valence-corrected chi connectivity index (χ3v) is 10.9. The van der Waals surface area contributed by atoms with Gasteiger partial charge in [0.2, 0.25) is 41.4 Å². The average molecular weight is 828 g/mol. The summed E-state index contributed by atoms with van der Waals surface area (Å²) in [6, 6.07) is 11.5. The maximum Gasteiger partial charge on any atom is 0.246 e. The molecule has 3 heterocycles. The lowest BCUT2D eigenvalue weighted by Crippen LogP contribution is -2.62. The van der Waals surface area contributed by atoms with Crippen LogP contribution >= 0.6 is 0 Å². The molecule has 3 aromatic rings. The first-order chi connectivity index (χ1) is 28.5. The number of hydrogen-bond donors (Lipinski definition) is 4. The minimum atomic E-state index is -1.35. The minimum absolute atomic E-state index is 0.0134. The van der Waals surface area contributed by atoms with Crippen LogP contribution in [0.5, 0.6) is 23.0 Å². The molecule has 320 valence electrons. The minimum Gasteiger partial charge on any atom is -0.497 e. The molecular weight excluding hydrogens is 775 g/mol. The van der Waals surface area contributed by atoms with E-state index in [-0.39, 0.29) is 32.1 Å². The maximum atomic E-state index is 14.7. The van der Waals surface area contributed by atoms with Crippen LogP contribution in [-0.2, 0) is 52.8 Å². The van der Waals surface area contributed by atoms with E-state index in [9.17, 15) is 33.6 Å². The molecule has 7 amide bonds. The normalized spacial score (nSPS) is 23.4. The summed E-state index contributed by atoms with van der Waals surface area (Å²) in [5, 5.41) is 8.08. The molecule has 0 saturated carbocycles. The van der Waals surface area contributed by atoms with Gasteiger partial charge in [-0.2, -0.15) is 0 Å². The lowest BCUT2D eigenvalue weighted by molar-refractivity contribution is -0.149. The van der Waals surface area contributed by atoms with Gasteiger partial charge in [0.25, 0.3) is 0 Å². The first-order valence-electron chi connectivity index (χ1n) is 19.6. The quantitative estimate of drug-likeness (QED) is 0.266. The fraction of sp³-hybridized carbons (Fsp3) is 0.419. The van der Waals surface area contributed by atoms with E-state index in [1.54, 1.807) is 66.7 Å². The van der Waals surface area contributed by atoms with E-state index in [1.165, 1.54) is 59.0 Å². The zero-order valence-corrected chi connectivity index (χ0v) is 34.9. The predicted molar refractivity (Wildman–Crippen MR) is 219 cm³/mol. The number of primary amides is 1. The van der Waals surface area contributed by atoms with Crippen molar-refractivity contribution in [3.63, 3.8) is 0 Å². The van der Waals surface area contributed by atoms with Crippen molar-refractivity contribution in [3.8, 4) is 23.0 Å². The number of hydrogen-bond acceptors (Lipinski definition) is 10. The molecule has 60 heavy (non-hydrogen) atoms. The van der Waals surface area contributed by atoms with E-state index in [0.29, 0.717) is 39.7 Å². The van der Waals surface area contributed by atoms with E-state index in [1.807, 2.05) is 0 Å². The van der Waals surface area contributed by atoms with E-state index < -0.39 is 77.6 Å². The number of nitrogens with zero attached hydrogens (tertiary/aromatic N) is 3. The molecule has 0 radical (unpaired) electrons. The summed E-state index contributed by atoms with van der Waals surface area (Å²) in [5.74, 6) is -2.97. The average Bonchev–Trinajstić information content (AvgIpc) is 3.23. The Bertz CT molecular complexity index is 2090. The van der Waals surface area contributed by atoms with Crippen molar-refractivity contribution >= 4 is 41.4 Å². The predicted octanol–water partition coefficient (Wildman–Crippen LogP) is 1.09. The first-order valence-corrected chi connectivity index (χ1v) is 19.6. The van der Waals surface area contributed by atoms with Crippen molar-refractivity contribution in [1.29, 1.82) is 0 Å². The second kappa shape index (κ2) is 19.4. The molecule has 0 unspecified atom stereocenters. The monoisotopic (exact) mass is 827 g/mol. The summed E-state index contributed by atoms with van der Waals surface area (Å²) >= 11 is 0. The second-order valence-electron chi connectivity index (χ2n) is 15.1. The lowest BCUT2D eigenvalue weighted by Gasteiger charge is -2.37. The van der Waals surface area contributed by atoms with Crippen LogP contribution in [-0.4, -0.2) is 128 Å². The summed E-state index contributed by atoms with van der Waals surface area (Å²) in [5.41, 5.74) is 7.35. The van der Waals surface area contributed by atoms with Gasteiger partial charge in [-0.25, -0.2) is 0 Å². The van der Waals surface area contributed by atoms with E-state index in [0.717, 1.165) is 4.90 Å². The molecule has 17 heteroatoms. The summed E-state index contributed by atoms with van der Waals surface area (Å²) in [6.07, 6.45) is -0.533. The van der Waals surface area contributed by atoms with Crippen LogP contribution in [0.15, 0.2) is 66.7 Å². The zero-order chi connectivity index (χ0) is 43.8. The molecule has 0 spiro atoms. The van der Waals surface area contributed by atoms with Crippen LogP contribution in [0.25, 0.3) is 0 Å². The topological polar surface area (TPSA) is 219 Å². The van der Waals surface area contributed by atoms with Crippen LogP contribution < -0.4 is 35.9 Å². The molecule has 5 N–H and O–H groups in total. The SMILES string of the molecule is COc1ccc(C[C@H]2C(=O)N[C@@H](C)C(=O)N(C)[C@@H]3Cc4ccc(cc4)Oc4cc(ccc4OC)C[C@@H](C(=O)N[C@@H](C)C(=O)N[C@@H](CCC(N)=O)C(=O)N2C)N(C)C3=O)cc1. The molecule has 1 saturated heterocycles. The smallest absolute Gasteiger partial charge is 0.246 e. The number of carbonyl (C=O) groups excluding carboxylic acids is 7. The molecule has 6 rings (SSSR count). The van der Waals surface area contributed by atoms with Crippen molar-refractivity contribution in [2.75, 3.05) is 35.4 Å². The molecule has 3 aromatic carbocycles. The van der Waals surface area contributed by atoms with Crippen LogP contribution in [0.4, 0.5) is 0 Å². The number of carbonyl (C=O) groups is 7. The Hall–Kier alpha value is -6.65. The highest BCUT2D eigenvalue weighted by Gasteiger charge is 2.40. The van der Waals surface area contributed by atoms with Crippen LogP contribution in [0.2, 0.25) is 0 Å². The Balaban J connectivity index is 1.61. The molecule has 3 aliphatic heterocycles. The van der Waals surface area contributed by atoms with Gasteiger partial charge in [-0.1, -0.05) is 30.3 Å². The Morgan fingerprint density at radius 3 is 1.95 bits per heavy atom. The molecule has 6 atom stereocenters. The van der Waals surface area contributed by atoms with Crippen molar-refractivity contribution < 1.29 is 47.8 Å². The number of rotatable bonds is 7. The first kappa shape index (κ1) is 44.5. The number of nitrogens with one attached hydrogen (secondary N) is 3. The highest BCUT2D eigenvalue weighted by Crippen LogP contribution is 2.34. The summed E-state index contributed by atoms with van der Waals surface area (Å²) in [4.78, 5) is 101. The van der Waals surface area contributed by atoms with Gasteiger partial charge in [-0.15, -0.1) is 0 Å². The Kier molecular flexibility index (Phi) is 14.4. The summed E-state index contributed by atoms with van der Waals surface area (Å²) in [7, 11) is 7.28. The number of ether oxygens (including phenoxy) is 3. The molecule has 6 bridgehead atoms. The van der Waals surface area contributed by atoms with Gasteiger partial charge in [0.15, 0.2) is 11.5 Å². The van der Waals surface area contributed by atoms with Gasteiger partial charge >= 0.3 is 0 Å². The van der Waals surface area contributed by atoms with E-state index >= 15 is 0 Å². The largest absolute Gasteiger partial charge is 0.497 e. The number of methoxy groups -OCH3 is 2. The van der Waals surface area contributed by atoms with Crippen LogP contribution in [0.1, 0.15) is 43.4 Å². The molecule has 0 aromatic heterocycles. The molecule has 3 aliphatic rings. The van der Waals surface area contributed by atoms with Gasteiger partial charge in [-0.3, -0.25) is 33.6 Å². The molecular formula is C43H53N7O10. The van der Waals surface area contributed by atoms with Crippen LogP contribution in [0.3, 0.4) is 0 Å². The van der Waals surface area contributed by atoms with Gasteiger partial charge in [-0.05, 0) is 73.4 Å². The highest BCUT2D eigenvalue weighted by molar-refractivity contribution is 5.98. The molecule has 1 fully saturated rings. The fourth-order valence-electron chi connectivity index (χ4n) is 7.21. The van der Waals surface area contributed by atoms with Crippen molar-refractivity contribution in [3.05, 3.63) is 83.4 Å². The van der Waals surface area contributed by atoms with Crippen molar-refractivity contribution in [2.45, 2.75) is 82.2 Å². The van der Waals surface area contributed by atoms with Gasteiger partial charge in [0, 0.05) is 46.8 Å². The number of benzene rings is 3. The highest BCUT2D eigenvalue weighted by atomic mass is 16.5. The van der Waals surface area contributed by atoms with Gasteiger partial charge in [0.1, 0.15) is 47.8 Å². The number of fused-ring (bicyclic) bond motifs is 2. The summed E-state index contributed by atoms with van der Waals surface area (Å²) < 4.78 is 17.0. The number of nitrogens with two attached hydrogens (primary N) is 1. The Morgan fingerprint density at radius 1 is 0.700 bits per heavy atom. The molecule has 17 nitrogen and oxygen atoms in total. The van der Waals surface area contributed by atoms with Crippen molar-refractivity contribution in [1.82, 2.24) is 30.7 Å². The molecule has 0 aliphatic carbocycles. The third-order valence-electron chi connectivity index (χ3n) is 10.9. The number of likely N-dealkylation sites (N-methyl/N-ethyl adjacent to an activating group) is 3. The number of amides is 7. The Labute approximate surface area is 348 Å². The van der Waals surface area contributed by atoms with Crippen LogP contribution in [0, 0.1) is 0 Å². The van der Waals surface area contributed by atoms with E-state index in [4.69, 9.17) is 19.9 Å². The van der Waals surface area contributed by atoms with E-state index in [2.05, 4.69) is 16.0 Å². The van der Waals surface area contributed by atoms with Crippen molar-refractivity contribution in [2.24, 2.45) is 5.73 Å². The second-order valence-corrected chi connectivity index (χ2v) is 15.1. The standard InChI is InChI=1S/C43H53N7O10/c1-24-38(52)47-31(17-19-37(44)51)42(56)48(3)32(20-26-8-13-29(58-6)14-9-26)40(54)46-25(2)41(55)50(5)34-21-27-10-15-30(16-11-27)60-36-23-28(12-18-35(36)59-7)22-33(39(53)45-24)49(4)43(34)57/h8-16,18,23-25,31-34H,17,19-22H2,1-7H3,(H2,44,51)(H,45,53)(H,46,54)(H,47,52)/t24-,25-,31-,32-,33-,34+/m0/s1. The van der Waals surface area contributed by atoms with Gasteiger partial charge < -0.3 is 50.6 Å². The fourth-order valence-corrected chi connectivity index (χ4v) is 7.21. The maximum absolute atomic E-state index is 14.7. The lowest BCUT2D eigenvalue weighted by atomic mass is 9.98. The zero-order valence-electron chi connectivity index (χ0n) is 34.9. The van der Waals surface area contributed by atoms with Gasteiger partial charge in [0.05, 0.1) is 14.2 Å².